The number of amides is 2. The number of H-pyrrole nitrogens is 2. The molecule has 8 rings (SSSR count). The molecule has 0 radical (unpaired) electrons. The Kier molecular flexibility index (Phi) is 9.02. The van der Waals surface area contributed by atoms with Gasteiger partial charge in [0.2, 0.25) is 0 Å². The Morgan fingerprint density at radius 1 is 0.852 bits per heavy atom. The lowest BCUT2D eigenvalue weighted by Crippen LogP contribution is -2.37. The number of carbonyl (C=O) groups excluding carboxylic acids is 2. The highest BCUT2D eigenvalue weighted by Gasteiger charge is 2.41. The molecule has 12 nitrogen and oxygen atoms in total. The number of imidazole rings is 2. The molecule has 2 amide bonds. The SMILES string of the molecule is COC[C@H]1C[C@@H](c2nc3c([nH]2)-c2cc4c(cc2CC3)-c2ccc(-c3cnc([C@@H]5C[C@H](C)CN5C(=O)OC(C)(C)C)[nH]3)cc2CO4)N(C(=O)OC(C)(C)C)C1. The second-order valence-electron chi connectivity index (χ2n) is 17.5. The highest BCUT2D eigenvalue weighted by molar-refractivity contribution is 5.83. The van der Waals surface area contributed by atoms with E-state index in [1.165, 1.54) is 5.56 Å². The first-order valence-electron chi connectivity index (χ1n) is 19.2. The molecule has 2 saturated heterocycles. The van der Waals surface area contributed by atoms with Gasteiger partial charge in [0.1, 0.15) is 35.2 Å². The predicted octanol–water partition coefficient (Wildman–Crippen LogP) is 8.39. The van der Waals surface area contributed by atoms with Crippen molar-refractivity contribution in [2.24, 2.45) is 11.8 Å². The number of nitrogens with zero attached hydrogens (tertiary/aromatic N) is 4. The fourth-order valence-corrected chi connectivity index (χ4v) is 8.48. The Morgan fingerprint density at radius 3 is 2.30 bits per heavy atom. The molecule has 4 aromatic rings. The minimum atomic E-state index is -0.592. The molecule has 3 aliphatic heterocycles. The fraction of sp³-hybridized carbons (Fsp3) is 0.524. The smallest absolute Gasteiger partial charge is 0.410 e. The van der Waals surface area contributed by atoms with Crippen LogP contribution in [0.3, 0.4) is 0 Å². The van der Waals surface area contributed by atoms with Crippen LogP contribution >= 0.6 is 0 Å². The second-order valence-corrected chi connectivity index (χ2v) is 17.5. The first kappa shape index (κ1) is 36.2. The van der Waals surface area contributed by atoms with Gasteiger partial charge in [0.25, 0.3) is 0 Å². The summed E-state index contributed by atoms with van der Waals surface area (Å²) in [5, 5.41) is 0. The van der Waals surface area contributed by atoms with E-state index in [-0.39, 0.29) is 30.2 Å². The van der Waals surface area contributed by atoms with Crippen molar-refractivity contribution in [3.63, 3.8) is 0 Å². The summed E-state index contributed by atoms with van der Waals surface area (Å²) in [5.41, 5.74) is 8.44. The van der Waals surface area contributed by atoms with Crippen molar-refractivity contribution < 1.29 is 28.5 Å². The molecule has 4 aliphatic rings. The van der Waals surface area contributed by atoms with Crippen molar-refractivity contribution >= 4 is 12.2 Å². The number of nitrogens with one attached hydrogen (secondary N) is 2. The van der Waals surface area contributed by atoms with Crippen LogP contribution in [0, 0.1) is 11.8 Å². The number of hydrogen-bond donors (Lipinski definition) is 2. The number of methoxy groups -OCH3 is 1. The fourth-order valence-electron chi connectivity index (χ4n) is 8.48. The monoisotopic (exact) mass is 736 g/mol. The molecule has 0 bridgehead atoms. The molecule has 4 atom stereocenters. The van der Waals surface area contributed by atoms with Crippen LogP contribution in [-0.2, 0) is 33.7 Å². The van der Waals surface area contributed by atoms with E-state index in [1.54, 1.807) is 16.9 Å². The summed E-state index contributed by atoms with van der Waals surface area (Å²) < 4.78 is 23.4. The largest absolute Gasteiger partial charge is 0.488 e. The van der Waals surface area contributed by atoms with Gasteiger partial charge in [-0.2, -0.15) is 0 Å². The number of aromatic nitrogens is 4. The third-order valence-corrected chi connectivity index (χ3v) is 10.8. The van der Waals surface area contributed by atoms with Gasteiger partial charge in [-0.25, -0.2) is 19.6 Å². The van der Waals surface area contributed by atoms with Gasteiger partial charge in [-0.1, -0.05) is 19.1 Å². The first-order valence-corrected chi connectivity index (χ1v) is 19.2. The third-order valence-electron chi connectivity index (χ3n) is 10.8. The van der Waals surface area contributed by atoms with Crippen LogP contribution in [0.1, 0.15) is 102 Å². The van der Waals surface area contributed by atoms with E-state index in [2.05, 4.69) is 47.2 Å². The molecule has 0 saturated carbocycles. The van der Waals surface area contributed by atoms with Crippen LogP contribution in [0.2, 0.25) is 0 Å². The average Bonchev–Trinajstić information content (AvgIpc) is 3.91. The Bertz CT molecular complexity index is 2090. The molecule has 0 unspecified atom stereocenters. The molecule has 1 aliphatic carbocycles. The summed E-state index contributed by atoms with van der Waals surface area (Å²) in [6, 6.07) is 10.5. The number of aryl methyl sites for hydroxylation is 2. The Labute approximate surface area is 316 Å². The van der Waals surface area contributed by atoms with Crippen molar-refractivity contribution in [2.75, 3.05) is 26.8 Å². The highest BCUT2D eigenvalue weighted by atomic mass is 16.6. The number of fused-ring (bicyclic) bond motifs is 6. The quantitative estimate of drug-likeness (QED) is 0.209. The van der Waals surface area contributed by atoms with E-state index in [0.29, 0.717) is 32.2 Å². The van der Waals surface area contributed by atoms with Crippen molar-refractivity contribution in [1.29, 1.82) is 0 Å². The lowest BCUT2D eigenvalue weighted by atomic mass is 9.86. The molecule has 0 spiro atoms. The summed E-state index contributed by atoms with van der Waals surface area (Å²) in [4.78, 5) is 47.0. The maximum atomic E-state index is 13.3. The van der Waals surface area contributed by atoms with E-state index in [0.717, 1.165) is 88.0 Å². The van der Waals surface area contributed by atoms with Gasteiger partial charge in [-0.05, 0) is 114 Å². The molecule has 2 fully saturated rings. The Hall–Kier alpha value is -4.84. The van der Waals surface area contributed by atoms with Gasteiger partial charge in [0, 0.05) is 37.2 Å². The van der Waals surface area contributed by atoms with Crippen molar-refractivity contribution in [3.05, 3.63) is 65.0 Å². The van der Waals surface area contributed by atoms with Crippen molar-refractivity contribution in [2.45, 2.75) is 104 Å². The molecule has 2 N–H and O–H groups in total. The lowest BCUT2D eigenvalue weighted by molar-refractivity contribution is 0.0201. The molecule has 286 valence electrons. The zero-order valence-electron chi connectivity index (χ0n) is 32.7. The molecule has 5 heterocycles. The topological polar surface area (TPSA) is 135 Å². The summed E-state index contributed by atoms with van der Waals surface area (Å²) in [6.45, 7) is 15.7. The number of ether oxygens (including phenoxy) is 4. The summed E-state index contributed by atoms with van der Waals surface area (Å²) in [5.74, 6) is 2.95. The van der Waals surface area contributed by atoms with E-state index in [9.17, 15) is 9.59 Å². The predicted molar refractivity (Wildman–Crippen MR) is 204 cm³/mol. The van der Waals surface area contributed by atoms with Gasteiger partial charge in [0.15, 0.2) is 0 Å². The molecule has 12 heteroatoms. The Balaban J connectivity index is 1.04. The lowest BCUT2D eigenvalue weighted by Gasteiger charge is -2.27. The van der Waals surface area contributed by atoms with E-state index in [4.69, 9.17) is 28.9 Å². The van der Waals surface area contributed by atoms with Gasteiger partial charge in [0.05, 0.1) is 42.0 Å². The second kappa shape index (κ2) is 13.5. The molecule has 54 heavy (non-hydrogen) atoms. The van der Waals surface area contributed by atoms with Crippen LogP contribution in [0.5, 0.6) is 5.75 Å². The van der Waals surface area contributed by atoms with Crippen LogP contribution in [0.25, 0.3) is 33.6 Å². The summed E-state index contributed by atoms with van der Waals surface area (Å²) in [6.07, 6.45) is 4.46. The molecule has 2 aromatic heterocycles. The zero-order valence-corrected chi connectivity index (χ0v) is 32.7. The maximum Gasteiger partial charge on any atom is 0.410 e. The van der Waals surface area contributed by atoms with Crippen molar-refractivity contribution in [1.82, 2.24) is 29.7 Å². The molecular weight excluding hydrogens is 684 g/mol. The van der Waals surface area contributed by atoms with Crippen LogP contribution in [0.4, 0.5) is 9.59 Å². The van der Waals surface area contributed by atoms with Gasteiger partial charge in [-0.3, -0.25) is 9.80 Å². The van der Waals surface area contributed by atoms with Gasteiger partial charge in [-0.15, -0.1) is 0 Å². The van der Waals surface area contributed by atoms with Crippen LogP contribution in [0.15, 0.2) is 36.5 Å². The van der Waals surface area contributed by atoms with E-state index < -0.39 is 11.2 Å². The summed E-state index contributed by atoms with van der Waals surface area (Å²) in [7, 11) is 1.70. The molecular formula is C42H52N6O6. The van der Waals surface area contributed by atoms with Gasteiger partial charge < -0.3 is 28.9 Å². The van der Waals surface area contributed by atoms with Crippen LogP contribution < -0.4 is 4.74 Å². The van der Waals surface area contributed by atoms with Gasteiger partial charge >= 0.3 is 12.2 Å². The van der Waals surface area contributed by atoms with Crippen molar-refractivity contribution in [3.8, 4) is 39.4 Å². The number of aromatic amines is 2. The average molecular weight is 737 g/mol. The van der Waals surface area contributed by atoms with E-state index in [1.807, 2.05) is 47.7 Å². The number of likely N-dealkylation sites (tertiary alicyclic amines) is 2. The minimum absolute atomic E-state index is 0.163. The summed E-state index contributed by atoms with van der Waals surface area (Å²) >= 11 is 0. The normalized spacial score (nSPS) is 21.9. The Morgan fingerprint density at radius 2 is 1.57 bits per heavy atom. The zero-order chi connectivity index (χ0) is 38.1. The maximum absolute atomic E-state index is 13.3. The molecule has 2 aromatic carbocycles. The standard InChI is InChI=1S/C42H52N6O6/c1-23-13-33(47(19-23)39(49)53-41(2,3)4)37-43-18-32(45-37)26-9-11-28-27(15-26)22-52-35-17-29-25(16-30(28)35)10-12-31-36(29)46-38(44-31)34-14-24(21-51-8)20-48(34)40(50)54-42(5,6)7/h9,11,15-18,23-24,33-34H,10,12-14,19-22H2,1-8H3,(H,43,45)(H,44,46)/t23-,24-,33-,34-/m0/s1. The van der Waals surface area contributed by atoms with Crippen LogP contribution in [-0.4, -0.2) is 79.9 Å². The third kappa shape index (κ3) is 6.96. The number of rotatable bonds is 5. The van der Waals surface area contributed by atoms with E-state index >= 15 is 0 Å². The number of hydrogen-bond acceptors (Lipinski definition) is 8. The number of benzene rings is 2. The number of carbonyl (C=O) groups is 2. The minimum Gasteiger partial charge on any atom is -0.488 e. The first-order chi connectivity index (χ1) is 25.6. The highest BCUT2D eigenvalue weighted by Crippen LogP contribution is 2.46.